The largest absolute Gasteiger partial charge is 0.497 e. The maximum atomic E-state index is 13.0. The molecule has 2 amide bonds. The molecule has 2 aromatic carbocycles. The van der Waals surface area contributed by atoms with Crippen LogP contribution in [0.1, 0.15) is 12.8 Å². The number of sulfonamides is 1. The van der Waals surface area contributed by atoms with Gasteiger partial charge in [-0.1, -0.05) is 6.07 Å². The number of rotatable bonds is 7. The van der Waals surface area contributed by atoms with Crippen molar-refractivity contribution in [1.82, 2.24) is 9.62 Å². The van der Waals surface area contributed by atoms with Gasteiger partial charge in [-0.2, -0.15) is 4.31 Å². The molecule has 31 heavy (non-hydrogen) atoms. The first-order valence-corrected chi connectivity index (χ1v) is 11.2. The van der Waals surface area contributed by atoms with E-state index >= 15 is 0 Å². The van der Waals surface area contributed by atoms with Crippen molar-refractivity contribution in [2.75, 3.05) is 32.6 Å². The fraction of sp³-hybridized carbons (Fsp3) is 0.333. The van der Waals surface area contributed by atoms with E-state index in [1.165, 1.54) is 30.7 Å². The third kappa shape index (κ3) is 5.33. The molecule has 0 aliphatic carbocycles. The molecule has 0 saturated carbocycles. The molecule has 166 valence electrons. The third-order valence-corrected chi connectivity index (χ3v) is 6.99. The lowest BCUT2D eigenvalue weighted by atomic mass is 10.2. The van der Waals surface area contributed by atoms with Crippen LogP contribution in [0.2, 0.25) is 0 Å². The summed E-state index contributed by atoms with van der Waals surface area (Å²) in [5, 5.41) is 5.03. The number of carbonyl (C=O) groups excluding carboxylic acids is 2. The van der Waals surface area contributed by atoms with Gasteiger partial charge in [0.05, 0.1) is 19.1 Å². The van der Waals surface area contributed by atoms with Gasteiger partial charge in [0.25, 0.3) is 0 Å². The van der Waals surface area contributed by atoms with Gasteiger partial charge in [0.15, 0.2) is 0 Å². The number of anilines is 1. The summed E-state index contributed by atoms with van der Waals surface area (Å²) in [6.07, 6.45) is 1.26. The van der Waals surface area contributed by atoms with E-state index in [9.17, 15) is 18.0 Å². The number of nitrogens with one attached hydrogen (secondary N) is 2. The Labute approximate surface area is 181 Å². The van der Waals surface area contributed by atoms with Gasteiger partial charge < -0.3 is 20.1 Å². The maximum Gasteiger partial charge on any atom is 0.313 e. The van der Waals surface area contributed by atoms with Gasteiger partial charge in [-0.3, -0.25) is 9.59 Å². The van der Waals surface area contributed by atoms with Gasteiger partial charge in [-0.05, 0) is 49.2 Å². The van der Waals surface area contributed by atoms with Crippen molar-refractivity contribution < 1.29 is 27.5 Å². The molecule has 10 heteroatoms. The van der Waals surface area contributed by atoms with Crippen LogP contribution in [-0.2, 0) is 19.6 Å². The highest BCUT2D eigenvalue weighted by Gasteiger charge is 2.35. The summed E-state index contributed by atoms with van der Waals surface area (Å²) in [6.45, 7) is 0.394. The van der Waals surface area contributed by atoms with Crippen molar-refractivity contribution in [2.24, 2.45) is 0 Å². The number of amides is 2. The van der Waals surface area contributed by atoms with Crippen molar-refractivity contribution in [1.29, 1.82) is 0 Å². The lowest BCUT2D eigenvalue weighted by Gasteiger charge is -2.24. The second kappa shape index (κ2) is 9.80. The van der Waals surface area contributed by atoms with Gasteiger partial charge in [-0.15, -0.1) is 0 Å². The molecule has 0 unspecified atom stereocenters. The Morgan fingerprint density at radius 1 is 1.03 bits per heavy atom. The first kappa shape index (κ1) is 22.6. The van der Waals surface area contributed by atoms with Crippen LogP contribution in [0.3, 0.4) is 0 Å². The quantitative estimate of drug-likeness (QED) is 0.624. The normalized spacial score (nSPS) is 16.5. The zero-order chi connectivity index (χ0) is 22.4. The Hall–Kier alpha value is -3.11. The highest BCUT2D eigenvalue weighted by atomic mass is 32.2. The zero-order valence-corrected chi connectivity index (χ0v) is 18.1. The standard InChI is InChI=1S/C21H25N3O6S/c1-29-17-8-10-19(11-9-17)31(27,28)24-12-4-6-16(24)14-22-20(25)21(26)23-15-5-3-7-18(13-15)30-2/h3,5,7-11,13,16H,4,6,12,14H2,1-2H3,(H,22,25)(H,23,26)/t16-/m1/s1. The number of methoxy groups -OCH3 is 2. The molecule has 0 bridgehead atoms. The predicted octanol–water partition coefficient (Wildman–Crippen LogP) is 1.61. The van der Waals surface area contributed by atoms with Crippen molar-refractivity contribution in [3.05, 3.63) is 48.5 Å². The summed E-state index contributed by atoms with van der Waals surface area (Å²) in [6, 6.07) is 12.3. The highest BCUT2D eigenvalue weighted by molar-refractivity contribution is 7.89. The minimum atomic E-state index is -3.73. The molecule has 2 N–H and O–H groups in total. The molecule has 3 rings (SSSR count). The van der Waals surface area contributed by atoms with E-state index in [2.05, 4.69) is 10.6 Å². The minimum Gasteiger partial charge on any atom is -0.497 e. The van der Waals surface area contributed by atoms with Crippen LogP contribution in [0.5, 0.6) is 11.5 Å². The molecule has 1 aliphatic rings. The van der Waals surface area contributed by atoms with Crippen LogP contribution in [0.15, 0.2) is 53.4 Å². The molecule has 0 spiro atoms. The first-order chi connectivity index (χ1) is 14.8. The van der Waals surface area contributed by atoms with E-state index in [0.29, 0.717) is 36.6 Å². The van der Waals surface area contributed by atoms with Gasteiger partial charge in [-0.25, -0.2) is 8.42 Å². The van der Waals surface area contributed by atoms with E-state index in [-0.39, 0.29) is 11.4 Å². The highest BCUT2D eigenvalue weighted by Crippen LogP contribution is 2.27. The van der Waals surface area contributed by atoms with Crippen LogP contribution < -0.4 is 20.1 Å². The molecule has 0 radical (unpaired) electrons. The summed E-state index contributed by atoms with van der Waals surface area (Å²) in [7, 11) is -0.717. The zero-order valence-electron chi connectivity index (χ0n) is 17.3. The van der Waals surface area contributed by atoms with Crippen LogP contribution in [0, 0.1) is 0 Å². The molecule has 9 nitrogen and oxygen atoms in total. The summed E-state index contributed by atoms with van der Waals surface area (Å²) >= 11 is 0. The Bertz CT molecular complexity index is 1040. The SMILES string of the molecule is COc1ccc(S(=O)(=O)N2CCC[C@@H]2CNC(=O)C(=O)Nc2cccc(OC)c2)cc1. The number of benzene rings is 2. The summed E-state index contributed by atoms with van der Waals surface area (Å²) in [5.74, 6) is -0.567. The lowest BCUT2D eigenvalue weighted by molar-refractivity contribution is -0.136. The number of ether oxygens (including phenoxy) is 2. The lowest BCUT2D eigenvalue weighted by Crippen LogP contribution is -2.45. The average Bonchev–Trinajstić information content (AvgIpc) is 3.27. The summed E-state index contributed by atoms with van der Waals surface area (Å²) in [5.41, 5.74) is 0.420. The molecular formula is C21H25N3O6S. The average molecular weight is 448 g/mol. The van der Waals surface area contributed by atoms with E-state index in [4.69, 9.17) is 9.47 Å². The Kier molecular flexibility index (Phi) is 7.13. The fourth-order valence-electron chi connectivity index (χ4n) is 3.39. The van der Waals surface area contributed by atoms with Gasteiger partial charge in [0, 0.05) is 30.9 Å². The Morgan fingerprint density at radius 3 is 2.42 bits per heavy atom. The second-order valence-corrected chi connectivity index (χ2v) is 8.87. The molecule has 1 saturated heterocycles. The van der Waals surface area contributed by atoms with E-state index in [1.54, 1.807) is 36.4 Å². The molecule has 0 aromatic heterocycles. The van der Waals surface area contributed by atoms with Crippen molar-refractivity contribution >= 4 is 27.5 Å². The fourth-order valence-corrected chi connectivity index (χ4v) is 5.08. The van der Waals surface area contributed by atoms with E-state index in [1.807, 2.05) is 0 Å². The molecular weight excluding hydrogens is 422 g/mol. The number of nitrogens with zero attached hydrogens (tertiary/aromatic N) is 1. The number of hydrogen-bond acceptors (Lipinski definition) is 6. The van der Waals surface area contributed by atoms with Crippen LogP contribution >= 0.6 is 0 Å². The second-order valence-electron chi connectivity index (χ2n) is 6.98. The molecule has 1 atom stereocenters. The summed E-state index contributed by atoms with van der Waals surface area (Å²) < 4.78 is 37.5. The first-order valence-electron chi connectivity index (χ1n) is 9.74. The minimum absolute atomic E-state index is 0.0414. The van der Waals surface area contributed by atoms with Gasteiger partial charge in [0.1, 0.15) is 11.5 Å². The topological polar surface area (TPSA) is 114 Å². The smallest absolute Gasteiger partial charge is 0.313 e. The molecule has 1 heterocycles. The van der Waals surface area contributed by atoms with Crippen molar-refractivity contribution in [2.45, 2.75) is 23.8 Å². The van der Waals surface area contributed by atoms with Crippen molar-refractivity contribution in [3.63, 3.8) is 0 Å². The summed E-state index contributed by atoms with van der Waals surface area (Å²) in [4.78, 5) is 24.5. The van der Waals surface area contributed by atoms with Crippen molar-refractivity contribution in [3.8, 4) is 11.5 Å². The monoisotopic (exact) mass is 447 g/mol. The maximum absolute atomic E-state index is 13.0. The van der Waals surface area contributed by atoms with Gasteiger partial charge >= 0.3 is 11.8 Å². The number of hydrogen-bond donors (Lipinski definition) is 2. The van der Waals surface area contributed by atoms with Gasteiger partial charge in [0.2, 0.25) is 10.0 Å². The molecule has 1 aliphatic heterocycles. The number of carbonyl (C=O) groups is 2. The van der Waals surface area contributed by atoms with Crippen LogP contribution in [-0.4, -0.2) is 57.9 Å². The van der Waals surface area contributed by atoms with E-state index < -0.39 is 27.9 Å². The third-order valence-electron chi connectivity index (χ3n) is 5.02. The molecule has 2 aromatic rings. The van der Waals surface area contributed by atoms with Crippen LogP contribution in [0.25, 0.3) is 0 Å². The van der Waals surface area contributed by atoms with Crippen LogP contribution in [0.4, 0.5) is 5.69 Å². The Morgan fingerprint density at radius 2 is 1.74 bits per heavy atom. The predicted molar refractivity (Wildman–Crippen MR) is 115 cm³/mol. The molecule has 1 fully saturated rings. The Balaban J connectivity index is 1.60. The van der Waals surface area contributed by atoms with E-state index in [0.717, 1.165) is 0 Å².